The van der Waals surface area contributed by atoms with Crippen LogP contribution in [0.1, 0.15) is 30.6 Å². The van der Waals surface area contributed by atoms with Crippen LogP contribution in [0.5, 0.6) is 11.5 Å². The van der Waals surface area contributed by atoms with Gasteiger partial charge in [-0.1, -0.05) is 0 Å². The number of carbonyl (C=O) groups is 1. The quantitative estimate of drug-likeness (QED) is 0.726. The lowest BCUT2D eigenvalue weighted by Crippen LogP contribution is -2.33. The highest BCUT2D eigenvalue weighted by molar-refractivity contribution is 6.07. The molecule has 0 aromatic heterocycles. The van der Waals surface area contributed by atoms with Crippen LogP contribution in [0, 0.1) is 5.41 Å². The van der Waals surface area contributed by atoms with Crippen molar-refractivity contribution in [2.24, 2.45) is 5.41 Å². The van der Waals surface area contributed by atoms with E-state index in [9.17, 15) is 4.79 Å². The second kappa shape index (κ2) is 2.59. The van der Waals surface area contributed by atoms with Crippen molar-refractivity contribution in [1.29, 1.82) is 0 Å². The minimum Gasteiger partial charge on any atom is -0.497 e. The maximum Gasteiger partial charge on any atom is 0.176 e. The topological polar surface area (TPSA) is 35.5 Å². The van der Waals surface area contributed by atoms with Gasteiger partial charge in [0.05, 0.1) is 18.1 Å². The zero-order valence-electron chi connectivity index (χ0n) is 9.66. The number of Topliss-reactive ketones (excluding diaryl/α,β-unsaturated/α-hetero) is 1. The van der Waals surface area contributed by atoms with Crippen molar-refractivity contribution in [1.82, 2.24) is 0 Å². The summed E-state index contributed by atoms with van der Waals surface area (Å²) in [6, 6.07) is 5.38. The average molecular weight is 218 g/mol. The standard InChI is InChI=1S/C13H14O3/c1-12-7-13(12,2)16-10-6-8(15-3)4-5-9(10)11(12)14/h4-6H,7H2,1-3H3. The normalized spacial score (nSPS) is 34.8. The Kier molecular flexibility index (Phi) is 1.57. The summed E-state index contributed by atoms with van der Waals surface area (Å²) in [5.41, 5.74) is 0.0381. The first-order chi connectivity index (χ1) is 7.50. The van der Waals surface area contributed by atoms with Crippen molar-refractivity contribution in [3.8, 4) is 11.5 Å². The van der Waals surface area contributed by atoms with Gasteiger partial charge in [-0.3, -0.25) is 4.79 Å². The third kappa shape index (κ3) is 0.958. The predicted molar refractivity (Wildman–Crippen MR) is 59.1 cm³/mol. The SMILES string of the molecule is COc1ccc2c(c1)OC1(C)CC1(C)C2=O. The second-order valence-electron chi connectivity index (χ2n) is 5.03. The highest BCUT2D eigenvalue weighted by atomic mass is 16.5. The molecule has 1 fully saturated rings. The van der Waals surface area contributed by atoms with E-state index in [4.69, 9.17) is 9.47 Å². The van der Waals surface area contributed by atoms with E-state index < -0.39 is 0 Å². The van der Waals surface area contributed by atoms with Gasteiger partial charge in [0.2, 0.25) is 0 Å². The van der Waals surface area contributed by atoms with Gasteiger partial charge in [-0.15, -0.1) is 0 Å². The number of hydrogen-bond donors (Lipinski definition) is 0. The van der Waals surface area contributed by atoms with Crippen LogP contribution >= 0.6 is 0 Å². The first-order valence-electron chi connectivity index (χ1n) is 5.42. The molecule has 1 saturated carbocycles. The number of ether oxygens (including phenoxy) is 2. The molecule has 1 aliphatic heterocycles. The number of fused-ring (bicyclic) bond motifs is 2. The lowest BCUT2D eigenvalue weighted by atomic mass is 9.90. The summed E-state index contributed by atoms with van der Waals surface area (Å²) >= 11 is 0. The fraction of sp³-hybridized carbons (Fsp3) is 0.462. The number of ketones is 1. The van der Waals surface area contributed by atoms with Gasteiger partial charge in [-0.25, -0.2) is 0 Å². The van der Waals surface area contributed by atoms with Crippen molar-refractivity contribution in [3.05, 3.63) is 23.8 Å². The zero-order valence-corrected chi connectivity index (χ0v) is 9.66. The number of hydrogen-bond acceptors (Lipinski definition) is 3. The van der Waals surface area contributed by atoms with Crippen LogP contribution in [0.3, 0.4) is 0 Å². The third-order valence-electron chi connectivity index (χ3n) is 4.00. The van der Waals surface area contributed by atoms with E-state index in [-0.39, 0.29) is 16.8 Å². The van der Waals surface area contributed by atoms with Crippen LogP contribution < -0.4 is 9.47 Å². The molecule has 2 aliphatic rings. The first kappa shape index (κ1) is 9.70. The van der Waals surface area contributed by atoms with E-state index in [0.29, 0.717) is 11.3 Å². The monoisotopic (exact) mass is 218 g/mol. The van der Waals surface area contributed by atoms with E-state index in [1.54, 1.807) is 25.3 Å². The van der Waals surface area contributed by atoms with Crippen LogP contribution in [0.2, 0.25) is 0 Å². The summed E-state index contributed by atoms with van der Waals surface area (Å²) in [6.45, 7) is 3.97. The molecule has 1 aliphatic carbocycles. The Labute approximate surface area is 94.4 Å². The van der Waals surface area contributed by atoms with E-state index in [2.05, 4.69) is 0 Å². The van der Waals surface area contributed by atoms with Gasteiger partial charge in [0.25, 0.3) is 0 Å². The number of rotatable bonds is 1. The first-order valence-corrected chi connectivity index (χ1v) is 5.42. The molecule has 1 aromatic rings. The van der Waals surface area contributed by atoms with Crippen LogP contribution in [-0.4, -0.2) is 18.5 Å². The van der Waals surface area contributed by atoms with Crippen molar-refractivity contribution in [2.75, 3.05) is 7.11 Å². The summed E-state index contributed by atoms with van der Waals surface area (Å²) in [5.74, 6) is 1.57. The van der Waals surface area contributed by atoms with Crippen molar-refractivity contribution >= 4 is 5.78 Å². The van der Waals surface area contributed by atoms with Crippen LogP contribution in [0.25, 0.3) is 0 Å². The Morgan fingerprint density at radius 1 is 1.38 bits per heavy atom. The summed E-state index contributed by atoms with van der Waals surface area (Å²) in [5, 5.41) is 0. The molecule has 2 atom stereocenters. The third-order valence-corrected chi connectivity index (χ3v) is 4.00. The Hall–Kier alpha value is -1.51. The van der Waals surface area contributed by atoms with Crippen molar-refractivity contribution < 1.29 is 14.3 Å². The molecule has 16 heavy (non-hydrogen) atoms. The zero-order chi connectivity index (χ0) is 11.6. The molecule has 0 N–H and O–H groups in total. The van der Waals surface area contributed by atoms with E-state index in [1.807, 2.05) is 13.8 Å². The molecule has 1 aromatic carbocycles. The number of carbonyl (C=O) groups excluding carboxylic acids is 1. The van der Waals surface area contributed by atoms with Gasteiger partial charge in [-0.2, -0.15) is 0 Å². The molecule has 0 saturated heterocycles. The van der Waals surface area contributed by atoms with Crippen molar-refractivity contribution in [3.63, 3.8) is 0 Å². The average Bonchev–Trinajstić information content (AvgIpc) is 2.82. The highest BCUT2D eigenvalue weighted by Crippen LogP contribution is 2.63. The molecular formula is C13H14O3. The minimum atomic E-state index is -0.325. The summed E-state index contributed by atoms with van der Waals surface area (Å²) < 4.78 is 11.0. The molecule has 1 heterocycles. The van der Waals surface area contributed by atoms with Crippen LogP contribution in [0.15, 0.2) is 18.2 Å². The highest BCUT2D eigenvalue weighted by Gasteiger charge is 2.70. The van der Waals surface area contributed by atoms with Crippen LogP contribution in [-0.2, 0) is 0 Å². The molecule has 2 unspecified atom stereocenters. The molecule has 84 valence electrons. The summed E-state index contributed by atoms with van der Waals surface area (Å²) in [6.07, 6.45) is 0.801. The Balaban J connectivity index is 2.13. The predicted octanol–water partition coefficient (Wildman–Crippen LogP) is 2.44. The van der Waals surface area contributed by atoms with E-state index in [1.165, 1.54) is 0 Å². The van der Waals surface area contributed by atoms with E-state index >= 15 is 0 Å². The van der Waals surface area contributed by atoms with Gasteiger partial charge in [-0.05, 0) is 26.0 Å². The molecular weight excluding hydrogens is 204 g/mol. The maximum absolute atomic E-state index is 12.3. The maximum atomic E-state index is 12.3. The molecule has 0 bridgehead atoms. The number of methoxy groups -OCH3 is 1. The minimum absolute atomic E-state index is 0.193. The Morgan fingerprint density at radius 3 is 2.81 bits per heavy atom. The van der Waals surface area contributed by atoms with Gasteiger partial charge in [0.15, 0.2) is 5.78 Å². The molecule has 3 heteroatoms. The van der Waals surface area contributed by atoms with Crippen molar-refractivity contribution in [2.45, 2.75) is 25.9 Å². The largest absolute Gasteiger partial charge is 0.497 e. The smallest absolute Gasteiger partial charge is 0.176 e. The van der Waals surface area contributed by atoms with Gasteiger partial charge in [0.1, 0.15) is 17.1 Å². The molecule has 0 amide bonds. The molecule has 0 spiro atoms. The second-order valence-corrected chi connectivity index (χ2v) is 5.03. The molecule has 3 nitrogen and oxygen atoms in total. The fourth-order valence-corrected chi connectivity index (χ4v) is 2.54. The Morgan fingerprint density at radius 2 is 2.12 bits per heavy atom. The van der Waals surface area contributed by atoms with E-state index in [0.717, 1.165) is 12.2 Å². The van der Waals surface area contributed by atoms with Crippen LogP contribution in [0.4, 0.5) is 0 Å². The molecule has 3 rings (SSSR count). The summed E-state index contributed by atoms with van der Waals surface area (Å²) in [7, 11) is 1.61. The molecule has 0 radical (unpaired) electrons. The summed E-state index contributed by atoms with van der Waals surface area (Å²) in [4.78, 5) is 12.3. The fourth-order valence-electron chi connectivity index (χ4n) is 2.54. The van der Waals surface area contributed by atoms with Gasteiger partial charge in [0, 0.05) is 12.5 Å². The lowest BCUT2D eigenvalue weighted by Gasteiger charge is -2.27. The number of benzene rings is 1. The Bertz CT molecular complexity index is 494. The lowest BCUT2D eigenvalue weighted by molar-refractivity contribution is 0.0728. The van der Waals surface area contributed by atoms with Gasteiger partial charge >= 0.3 is 0 Å². The van der Waals surface area contributed by atoms with Gasteiger partial charge < -0.3 is 9.47 Å².